The number of nitrogens with zero attached hydrogens (tertiary/aromatic N) is 2. The van der Waals surface area contributed by atoms with Gasteiger partial charge in [-0.15, -0.1) is 0 Å². The van der Waals surface area contributed by atoms with Gasteiger partial charge in [-0.1, -0.05) is 29.8 Å². The number of rotatable bonds is 5. The predicted molar refractivity (Wildman–Crippen MR) is 96.5 cm³/mol. The van der Waals surface area contributed by atoms with E-state index in [0.29, 0.717) is 9.92 Å². The van der Waals surface area contributed by atoms with Crippen molar-refractivity contribution in [2.45, 2.75) is 13.0 Å². The van der Waals surface area contributed by atoms with Crippen LogP contribution in [0.1, 0.15) is 39.2 Å². The number of nitrogens with one attached hydrogen (secondary N) is 1. The van der Waals surface area contributed by atoms with E-state index in [1.807, 2.05) is 0 Å². The van der Waals surface area contributed by atoms with Crippen LogP contribution < -0.4 is 5.32 Å². The summed E-state index contributed by atoms with van der Waals surface area (Å²) in [6.45, 7) is 1.20. The van der Waals surface area contributed by atoms with Crippen molar-refractivity contribution in [2.75, 3.05) is 6.54 Å². The first-order valence-electron chi connectivity index (χ1n) is 7.98. The Bertz CT molecular complexity index is 975. The Labute approximate surface area is 158 Å². The zero-order valence-corrected chi connectivity index (χ0v) is 14.9. The van der Waals surface area contributed by atoms with Crippen LogP contribution in [0.3, 0.4) is 0 Å². The van der Waals surface area contributed by atoms with E-state index in [2.05, 4.69) is 5.32 Å². The third kappa shape index (κ3) is 3.52. The molecule has 2 aromatic rings. The SMILES string of the molecule is C[C@@H](NC(=O)CN1C(=O)c2cccc([N+](=O)[O-])c2C1=O)c1cccc(Cl)c1. The molecule has 0 bridgehead atoms. The average molecular weight is 388 g/mol. The van der Waals surface area contributed by atoms with E-state index in [0.717, 1.165) is 11.6 Å². The van der Waals surface area contributed by atoms with Crippen molar-refractivity contribution < 1.29 is 19.3 Å². The van der Waals surface area contributed by atoms with Crippen molar-refractivity contribution >= 4 is 35.0 Å². The molecule has 0 saturated heterocycles. The topological polar surface area (TPSA) is 110 Å². The van der Waals surface area contributed by atoms with Crippen LogP contribution in [0.5, 0.6) is 0 Å². The number of hydrogen-bond donors (Lipinski definition) is 1. The molecule has 0 fully saturated rings. The molecule has 0 radical (unpaired) electrons. The lowest BCUT2D eigenvalue weighted by Crippen LogP contribution is -2.41. The number of hydrogen-bond acceptors (Lipinski definition) is 5. The molecule has 0 unspecified atom stereocenters. The van der Waals surface area contributed by atoms with E-state index in [1.165, 1.54) is 12.1 Å². The second kappa shape index (κ2) is 7.16. The number of halogens is 1. The van der Waals surface area contributed by atoms with E-state index < -0.39 is 40.9 Å². The Kier molecular flexibility index (Phi) is 4.91. The molecule has 0 aromatic heterocycles. The van der Waals surface area contributed by atoms with E-state index >= 15 is 0 Å². The van der Waals surface area contributed by atoms with E-state index in [4.69, 9.17) is 11.6 Å². The van der Waals surface area contributed by atoms with Crippen LogP contribution in [-0.4, -0.2) is 34.1 Å². The Morgan fingerprint density at radius 1 is 1.22 bits per heavy atom. The quantitative estimate of drug-likeness (QED) is 0.482. The van der Waals surface area contributed by atoms with Gasteiger partial charge in [0.25, 0.3) is 17.5 Å². The van der Waals surface area contributed by atoms with Crippen LogP contribution in [0.2, 0.25) is 5.02 Å². The van der Waals surface area contributed by atoms with Crippen LogP contribution in [-0.2, 0) is 4.79 Å². The minimum absolute atomic E-state index is 0.0788. The summed E-state index contributed by atoms with van der Waals surface area (Å²) in [6, 6.07) is 10.3. The highest BCUT2D eigenvalue weighted by Crippen LogP contribution is 2.30. The monoisotopic (exact) mass is 387 g/mol. The Morgan fingerprint density at radius 2 is 1.93 bits per heavy atom. The molecular formula is C18H14ClN3O5. The molecule has 1 N–H and O–H groups in total. The molecule has 1 aliphatic heterocycles. The average Bonchev–Trinajstić information content (AvgIpc) is 2.86. The number of benzene rings is 2. The zero-order chi connectivity index (χ0) is 19.7. The maximum Gasteiger partial charge on any atom is 0.282 e. The minimum Gasteiger partial charge on any atom is -0.348 e. The van der Waals surface area contributed by atoms with E-state index in [9.17, 15) is 24.5 Å². The van der Waals surface area contributed by atoms with Crippen molar-refractivity contribution in [1.29, 1.82) is 0 Å². The smallest absolute Gasteiger partial charge is 0.282 e. The first kappa shape index (κ1) is 18.5. The maximum absolute atomic E-state index is 12.5. The third-order valence-corrected chi connectivity index (χ3v) is 4.44. The molecule has 8 nitrogen and oxygen atoms in total. The molecular weight excluding hydrogens is 374 g/mol. The molecule has 2 aromatic carbocycles. The van der Waals surface area contributed by atoms with Gasteiger partial charge in [-0.05, 0) is 30.7 Å². The molecule has 1 heterocycles. The molecule has 3 rings (SSSR count). The number of nitro groups is 1. The van der Waals surface area contributed by atoms with Gasteiger partial charge in [0.2, 0.25) is 5.91 Å². The maximum atomic E-state index is 12.5. The lowest BCUT2D eigenvalue weighted by molar-refractivity contribution is -0.385. The number of imide groups is 1. The summed E-state index contributed by atoms with van der Waals surface area (Å²) in [5.41, 5.74) is -0.0667. The molecule has 1 atom stereocenters. The van der Waals surface area contributed by atoms with Gasteiger partial charge in [-0.2, -0.15) is 0 Å². The molecule has 27 heavy (non-hydrogen) atoms. The van der Waals surface area contributed by atoms with Gasteiger partial charge in [-0.3, -0.25) is 29.4 Å². The van der Waals surface area contributed by atoms with Crippen LogP contribution >= 0.6 is 11.6 Å². The van der Waals surface area contributed by atoms with E-state index in [1.54, 1.807) is 31.2 Å². The number of fused-ring (bicyclic) bond motifs is 1. The summed E-state index contributed by atoms with van der Waals surface area (Å²) in [6.07, 6.45) is 0. The summed E-state index contributed by atoms with van der Waals surface area (Å²) >= 11 is 5.93. The van der Waals surface area contributed by atoms with Crippen molar-refractivity contribution in [3.05, 3.63) is 74.3 Å². The molecule has 0 aliphatic carbocycles. The first-order chi connectivity index (χ1) is 12.8. The largest absolute Gasteiger partial charge is 0.348 e. The van der Waals surface area contributed by atoms with Gasteiger partial charge < -0.3 is 5.32 Å². The molecule has 0 saturated carbocycles. The fraction of sp³-hybridized carbons (Fsp3) is 0.167. The van der Waals surface area contributed by atoms with Crippen molar-refractivity contribution in [3.8, 4) is 0 Å². The van der Waals surface area contributed by atoms with Gasteiger partial charge in [0.15, 0.2) is 0 Å². The summed E-state index contributed by atoms with van der Waals surface area (Å²) in [4.78, 5) is 48.3. The Morgan fingerprint density at radius 3 is 2.59 bits per heavy atom. The normalized spacial score (nSPS) is 14.1. The van der Waals surface area contributed by atoms with Gasteiger partial charge in [0, 0.05) is 11.1 Å². The second-order valence-corrected chi connectivity index (χ2v) is 6.43. The van der Waals surface area contributed by atoms with Crippen LogP contribution in [0, 0.1) is 10.1 Å². The predicted octanol–water partition coefficient (Wildman–Crippen LogP) is 2.72. The van der Waals surface area contributed by atoms with Crippen molar-refractivity contribution in [3.63, 3.8) is 0 Å². The fourth-order valence-electron chi connectivity index (χ4n) is 2.90. The highest BCUT2D eigenvalue weighted by atomic mass is 35.5. The van der Waals surface area contributed by atoms with Gasteiger partial charge >= 0.3 is 0 Å². The first-order valence-corrected chi connectivity index (χ1v) is 8.36. The summed E-state index contributed by atoms with van der Waals surface area (Å²) < 4.78 is 0. The lowest BCUT2D eigenvalue weighted by Gasteiger charge is -2.18. The molecule has 3 amide bonds. The second-order valence-electron chi connectivity index (χ2n) is 6.00. The molecule has 138 valence electrons. The van der Waals surface area contributed by atoms with Gasteiger partial charge in [0.1, 0.15) is 12.1 Å². The van der Waals surface area contributed by atoms with Gasteiger partial charge in [0.05, 0.1) is 16.5 Å². The summed E-state index contributed by atoms with van der Waals surface area (Å²) in [5.74, 6) is -2.16. The van der Waals surface area contributed by atoms with Crippen LogP contribution in [0.4, 0.5) is 5.69 Å². The zero-order valence-electron chi connectivity index (χ0n) is 14.1. The minimum atomic E-state index is -0.854. The third-order valence-electron chi connectivity index (χ3n) is 4.20. The number of amides is 3. The molecule has 9 heteroatoms. The summed E-state index contributed by atoms with van der Waals surface area (Å²) in [7, 11) is 0. The van der Waals surface area contributed by atoms with Crippen LogP contribution in [0.15, 0.2) is 42.5 Å². The number of carbonyl (C=O) groups excluding carboxylic acids is 3. The summed E-state index contributed by atoms with van der Waals surface area (Å²) in [5, 5.41) is 14.3. The van der Waals surface area contributed by atoms with Crippen molar-refractivity contribution in [1.82, 2.24) is 10.2 Å². The number of nitro benzene ring substituents is 1. The highest BCUT2D eigenvalue weighted by molar-refractivity contribution is 6.30. The molecule has 0 spiro atoms. The molecule has 1 aliphatic rings. The highest BCUT2D eigenvalue weighted by Gasteiger charge is 2.41. The standard InChI is InChI=1S/C18H14ClN3O5/c1-10(11-4-2-5-12(19)8-11)20-15(23)9-21-17(24)13-6-3-7-14(22(26)27)16(13)18(21)25/h2-8,10H,9H2,1H3,(H,20,23)/t10-/m1/s1. The lowest BCUT2D eigenvalue weighted by atomic mass is 10.1. The van der Waals surface area contributed by atoms with Crippen molar-refractivity contribution in [2.24, 2.45) is 0 Å². The number of carbonyl (C=O) groups is 3. The van der Waals surface area contributed by atoms with Crippen LogP contribution in [0.25, 0.3) is 0 Å². The fourth-order valence-corrected chi connectivity index (χ4v) is 3.10. The Hall–Kier alpha value is -3.26. The van der Waals surface area contributed by atoms with E-state index in [-0.39, 0.29) is 11.1 Å². The van der Waals surface area contributed by atoms with Gasteiger partial charge in [-0.25, -0.2) is 0 Å². The Balaban J connectivity index is 1.75.